The number of rotatable bonds is 4. The molecule has 19 heavy (non-hydrogen) atoms. The van der Waals surface area contributed by atoms with Crippen LogP contribution in [0.2, 0.25) is 0 Å². The lowest BCUT2D eigenvalue weighted by molar-refractivity contribution is -0.0182. The van der Waals surface area contributed by atoms with Gasteiger partial charge in [0.15, 0.2) is 0 Å². The summed E-state index contributed by atoms with van der Waals surface area (Å²) in [5.41, 5.74) is 2.54. The number of morpholine rings is 1. The predicted molar refractivity (Wildman–Crippen MR) is 77.2 cm³/mol. The number of aromatic nitrogens is 1. The van der Waals surface area contributed by atoms with Crippen LogP contribution in [-0.2, 0) is 11.3 Å². The lowest BCUT2D eigenvalue weighted by atomic mass is 10.1. The molecule has 0 bridgehead atoms. The molecular weight excluding hydrogens is 238 g/mol. The van der Waals surface area contributed by atoms with Crippen molar-refractivity contribution in [2.24, 2.45) is 0 Å². The van der Waals surface area contributed by atoms with E-state index in [1.807, 2.05) is 6.20 Å². The van der Waals surface area contributed by atoms with E-state index in [1.165, 1.54) is 16.5 Å². The van der Waals surface area contributed by atoms with Crippen molar-refractivity contribution < 1.29 is 4.74 Å². The van der Waals surface area contributed by atoms with Crippen LogP contribution >= 0.6 is 0 Å². The summed E-state index contributed by atoms with van der Waals surface area (Å²) >= 11 is 0. The van der Waals surface area contributed by atoms with Crippen LogP contribution in [0.15, 0.2) is 30.5 Å². The SMILES string of the molecule is CN1CCO[C@H](CNCc2cccc3[nH]ccc23)C1. The van der Waals surface area contributed by atoms with E-state index in [9.17, 15) is 0 Å². The highest BCUT2D eigenvalue weighted by Gasteiger charge is 2.16. The second-order valence-corrected chi connectivity index (χ2v) is 5.24. The first-order valence-corrected chi connectivity index (χ1v) is 6.89. The largest absolute Gasteiger partial charge is 0.374 e. The number of hydrogen-bond acceptors (Lipinski definition) is 3. The molecule has 3 rings (SSSR count). The molecule has 0 radical (unpaired) electrons. The molecule has 0 unspecified atom stereocenters. The smallest absolute Gasteiger partial charge is 0.0826 e. The summed E-state index contributed by atoms with van der Waals surface area (Å²) < 4.78 is 5.75. The van der Waals surface area contributed by atoms with Crippen molar-refractivity contribution in [3.05, 3.63) is 36.0 Å². The van der Waals surface area contributed by atoms with E-state index in [2.05, 4.69) is 46.5 Å². The van der Waals surface area contributed by atoms with Gasteiger partial charge in [0, 0.05) is 43.3 Å². The summed E-state index contributed by atoms with van der Waals surface area (Å²) in [6.45, 7) is 4.70. The summed E-state index contributed by atoms with van der Waals surface area (Å²) in [5.74, 6) is 0. The molecule has 1 aromatic heterocycles. The number of nitrogens with zero attached hydrogens (tertiary/aromatic N) is 1. The second-order valence-electron chi connectivity index (χ2n) is 5.24. The summed E-state index contributed by atoms with van der Waals surface area (Å²) in [7, 11) is 2.15. The van der Waals surface area contributed by atoms with Crippen molar-refractivity contribution in [3.63, 3.8) is 0 Å². The summed E-state index contributed by atoms with van der Waals surface area (Å²) in [5, 5.41) is 4.81. The van der Waals surface area contributed by atoms with Crippen LogP contribution in [-0.4, -0.2) is 49.3 Å². The first-order valence-electron chi connectivity index (χ1n) is 6.89. The maximum absolute atomic E-state index is 5.75. The predicted octanol–water partition coefficient (Wildman–Crippen LogP) is 1.59. The molecule has 0 saturated carbocycles. The van der Waals surface area contributed by atoms with Gasteiger partial charge in [-0.15, -0.1) is 0 Å². The monoisotopic (exact) mass is 259 g/mol. The Morgan fingerprint density at radius 1 is 1.42 bits per heavy atom. The fourth-order valence-corrected chi connectivity index (χ4v) is 2.66. The van der Waals surface area contributed by atoms with E-state index < -0.39 is 0 Å². The Balaban J connectivity index is 1.56. The van der Waals surface area contributed by atoms with Crippen molar-refractivity contribution in [2.75, 3.05) is 33.3 Å². The summed E-state index contributed by atoms with van der Waals surface area (Å²) in [4.78, 5) is 5.57. The fraction of sp³-hybridized carbons (Fsp3) is 0.467. The Morgan fingerprint density at radius 2 is 2.37 bits per heavy atom. The highest BCUT2D eigenvalue weighted by molar-refractivity contribution is 5.82. The van der Waals surface area contributed by atoms with Crippen molar-refractivity contribution >= 4 is 10.9 Å². The zero-order chi connectivity index (χ0) is 13.1. The third-order valence-electron chi connectivity index (χ3n) is 3.71. The average molecular weight is 259 g/mol. The third kappa shape index (κ3) is 2.97. The summed E-state index contributed by atoms with van der Waals surface area (Å²) in [6.07, 6.45) is 2.30. The molecule has 2 aromatic rings. The molecule has 1 atom stereocenters. The average Bonchev–Trinajstić information content (AvgIpc) is 2.88. The van der Waals surface area contributed by atoms with Gasteiger partial charge >= 0.3 is 0 Å². The van der Waals surface area contributed by atoms with E-state index in [-0.39, 0.29) is 0 Å². The van der Waals surface area contributed by atoms with Crippen LogP contribution in [0.3, 0.4) is 0 Å². The number of ether oxygens (including phenoxy) is 1. The van der Waals surface area contributed by atoms with Crippen LogP contribution in [0.5, 0.6) is 0 Å². The highest BCUT2D eigenvalue weighted by Crippen LogP contribution is 2.17. The number of nitrogens with one attached hydrogen (secondary N) is 2. The van der Waals surface area contributed by atoms with Crippen LogP contribution in [0.25, 0.3) is 10.9 Å². The number of likely N-dealkylation sites (N-methyl/N-ethyl adjacent to an activating group) is 1. The van der Waals surface area contributed by atoms with Gasteiger partial charge in [0.2, 0.25) is 0 Å². The summed E-state index contributed by atoms with van der Waals surface area (Å²) in [6, 6.07) is 8.52. The van der Waals surface area contributed by atoms with Gasteiger partial charge < -0.3 is 19.9 Å². The van der Waals surface area contributed by atoms with Gasteiger partial charge in [-0.3, -0.25) is 0 Å². The van der Waals surface area contributed by atoms with Gasteiger partial charge in [-0.1, -0.05) is 12.1 Å². The molecule has 1 fully saturated rings. The normalized spacial score (nSPS) is 21.0. The van der Waals surface area contributed by atoms with Gasteiger partial charge in [-0.2, -0.15) is 0 Å². The molecule has 1 aliphatic heterocycles. The second kappa shape index (κ2) is 5.74. The van der Waals surface area contributed by atoms with Gasteiger partial charge in [0.25, 0.3) is 0 Å². The maximum Gasteiger partial charge on any atom is 0.0826 e. The van der Waals surface area contributed by atoms with Gasteiger partial charge in [0.05, 0.1) is 12.7 Å². The Labute approximate surface area is 113 Å². The molecule has 0 amide bonds. The Morgan fingerprint density at radius 3 is 3.26 bits per heavy atom. The minimum Gasteiger partial charge on any atom is -0.374 e. The molecular formula is C15H21N3O. The molecule has 4 heteroatoms. The number of H-pyrrole nitrogens is 1. The molecule has 1 aromatic carbocycles. The number of benzene rings is 1. The molecule has 2 N–H and O–H groups in total. The quantitative estimate of drug-likeness (QED) is 0.876. The Bertz CT molecular complexity index is 537. The number of fused-ring (bicyclic) bond motifs is 1. The minimum atomic E-state index is 0.309. The topological polar surface area (TPSA) is 40.3 Å². The Kier molecular flexibility index (Phi) is 3.82. The number of aromatic amines is 1. The van der Waals surface area contributed by atoms with Crippen LogP contribution in [0.4, 0.5) is 0 Å². The lowest BCUT2D eigenvalue weighted by Gasteiger charge is -2.30. The van der Waals surface area contributed by atoms with Crippen molar-refractivity contribution in [3.8, 4) is 0 Å². The molecule has 2 heterocycles. The maximum atomic E-state index is 5.75. The van der Waals surface area contributed by atoms with Crippen molar-refractivity contribution in [1.82, 2.24) is 15.2 Å². The first kappa shape index (κ1) is 12.7. The molecule has 102 valence electrons. The molecule has 0 aliphatic carbocycles. The van der Waals surface area contributed by atoms with Crippen molar-refractivity contribution in [1.29, 1.82) is 0 Å². The lowest BCUT2D eigenvalue weighted by Crippen LogP contribution is -2.44. The highest BCUT2D eigenvalue weighted by atomic mass is 16.5. The minimum absolute atomic E-state index is 0.309. The van der Waals surface area contributed by atoms with Crippen LogP contribution in [0.1, 0.15) is 5.56 Å². The Hall–Kier alpha value is -1.36. The molecule has 0 spiro atoms. The van der Waals surface area contributed by atoms with E-state index >= 15 is 0 Å². The van der Waals surface area contributed by atoms with Gasteiger partial charge in [-0.05, 0) is 24.7 Å². The zero-order valence-electron chi connectivity index (χ0n) is 11.4. The molecule has 4 nitrogen and oxygen atoms in total. The standard InChI is InChI=1S/C15H21N3O/c1-18-7-8-19-13(11-18)10-16-9-12-3-2-4-15-14(12)5-6-17-15/h2-6,13,16-17H,7-11H2,1H3/t13-/m1/s1. The van der Waals surface area contributed by atoms with E-state index in [1.54, 1.807) is 0 Å². The third-order valence-corrected chi connectivity index (χ3v) is 3.71. The zero-order valence-corrected chi connectivity index (χ0v) is 11.4. The van der Waals surface area contributed by atoms with Gasteiger partial charge in [0.1, 0.15) is 0 Å². The first-order chi connectivity index (χ1) is 9.33. The molecule has 1 saturated heterocycles. The fourth-order valence-electron chi connectivity index (χ4n) is 2.66. The molecule has 1 aliphatic rings. The van der Waals surface area contributed by atoms with Crippen LogP contribution in [0, 0.1) is 0 Å². The van der Waals surface area contributed by atoms with Crippen LogP contribution < -0.4 is 5.32 Å². The van der Waals surface area contributed by atoms with Crippen molar-refractivity contribution in [2.45, 2.75) is 12.6 Å². The van der Waals surface area contributed by atoms with Gasteiger partial charge in [-0.25, -0.2) is 0 Å². The number of hydrogen-bond donors (Lipinski definition) is 2. The van der Waals surface area contributed by atoms with E-state index in [0.29, 0.717) is 6.10 Å². The van der Waals surface area contributed by atoms with E-state index in [0.717, 1.165) is 32.8 Å². The van der Waals surface area contributed by atoms with E-state index in [4.69, 9.17) is 4.74 Å².